The van der Waals surface area contributed by atoms with Crippen molar-refractivity contribution in [1.29, 1.82) is 0 Å². The first kappa shape index (κ1) is 9.93. The largest absolute Gasteiger partial charge is 0.375 e. The minimum Gasteiger partial charge on any atom is -0.375 e. The van der Waals surface area contributed by atoms with Crippen LogP contribution in [0.3, 0.4) is 0 Å². The van der Waals surface area contributed by atoms with Crippen LogP contribution in [0.1, 0.15) is 19.4 Å². The summed E-state index contributed by atoms with van der Waals surface area (Å²) < 4.78 is 5.36. The van der Waals surface area contributed by atoms with E-state index in [9.17, 15) is 0 Å². The predicted octanol–water partition coefficient (Wildman–Crippen LogP) is 2.52. The van der Waals surface area contributed by atoms with Crippen molar-refractivity contribution in [3.8, 4) is 0 Å². The third kappa shape index (κ3) is 4.43. The van der Waals surface area contributed by atoms with E-state index in [4.69, 9.17) is 4.74 Å². The molecule has 0 aliphatic heterocycles. The second-order valence-corrected chi connectivity index (χ2v) is 3.07. The highest BCUT2D eigenvalue weighted by Gasteiger charge is 1.88. The van der Waals surface area contributed by atoms with Crippen molar-refractivity contribution < 1.29 is 4.74 Å². The molecule has 0 unspecified atom stereocenters. The van der Waals surface area contributed by atoms with Crippen LogP contribution >= 0.6 is 0 Å². The van der Waals surface area contributed by atoms with E-state index in [2.05, 4.69) is 4.98 Å². The summed E-state index contributed by atoms with van der Waals surface area (Å²) in [6.45, 7) is 4.71. The normalized spacial score (nSPS) is 11.3. The number of rotatable bonds is 4. The molecule has 0 spiro atoms. The average molecular weight is 177 g/mol. The first-order valence-corrected chi connectivity index (χ1v) is 4.47. The van der Waals surface area contributed by atoms with E-state index >= 15 is 0 Å². The van der Waals surface area contributed by atoms with Crippen molar-refractivity contribution in [3.63, 3.8) is 0 Å². The summed E-state index contributed by atoms with van der Waals surface area (Å²) in [5.74, 6) is 0. The molecule has 0 aliphatic rings. The van der Waals surface area contributed by atoms with E-state index in [1.807, 2.05) is 44.3 Å². The number of nitrogens with zero attached hydrogens (tertiary/aromatic N) is 1. The van der Waals surface area contributed by atoms with Gasteiger partial charge < -0.3 is 4.74 Å². The molecule has 13 heavy (non-hydrogen) atoms. The predicted molar refractivity (Wildman–Crippen MR) is 54.4 cm³/mol. The number of ether oxygens (including phenoxy) is 1. The molecule has 1 aromatic heterocycles. The molecule has 0 saturated heterocycles. The molecule has 0 aliphatic carbocycles. The maximum atomic E-state index is 5.36. The lowest BCUT2D eigenvalue weighted by Crippen LogP contribution is -2.01. The highest BCUT2D eigenvalue weighted by molar-refractivity contribution is 5.47. The third-order valence-corrected chi connectivity index (χ3v) is 1.52. The number of hydrogen-bond donors (Lipinski definition) is 0. The highest BCUT2D eigenvalue weighted by Crippen LogP contribution is 1.98. The van der Waals surface area contributed by atoms with Gasteiger partial charge in [0.1, 0.15) is 0 Å². The first-order valence-electron chi connectivity index (χ1n) is 4.47. The Morgan fingerprint density at radius 2 is 2.38 bits per heavy atom. The Bertz CT molecular complexity index is 254. The molecule has 1 heterocycles. The first-order chi connectivity index (χ1) is 6.29. The lowest BCUT2D eigenvalue weighted by Gasteiger charge is -2.02. The smallest absolute Gasteiger partial charge is 0.0654 e. The summed E-state index contributed by atoms with van der Waals surface area (Å²) in [7, 11) is 0. The summed E-state index contributed by atoms with van der Waals surface area (Å²) >= 11 is 0. The number of hydrogen-bond acceptors (Lipinski definition) is 2. The highest BCUT2D eigenvalue weighted by atomic mass is 16.5. The van der Waals surface area contributed by atoms with Crippen LogP contribution in [0.15, 0.2) is 30.6 Å². The molecule has 0 atom stereocenters. The summed E-state index contributed by atoms with van der Waals surface area (Å²) in [5, 5.41) is 0. The molecular weight excluding hydrogens is 162 g/mol. The minimum absolute atomic E-state index is 0.290. The molecule has 0 fully saturated rings. The molecule has 0 amide bonds. The van der Waals surface area contributed by atoms with Crippen LogP contribution in [0.5, 0.6) is 0 Å². The van der Waals surface area contributed by atoms with E-state index in [1.165, 1.54) is 0 Å². The Morgan fingerprint density at radius 1 is 1.54 bits per heavy atom. The fourth-order valence-electron chi connectivity index (χ4n) is 0.907. The molecule has 0 bridgehead atoms. The topological polar surface area (TPSA) is 22.1 Å². The van der Waals surface area contributed by atoms with Gasteiger partial charge in [0.2, 0.25) is 0 Å². The lowest BCUT2D eigenvalue weighted by molar-refractivity contribution is 0.103. The van der Waals surface area contributed by atoms with Crippen LogP contribution in [0.25, 0.3) is 6.08 Å². The fraction of sp³-hybridized carbons (Fsp3) is 0.364. The van der Waals surface area contributed by atoms with Gasteiger partial charge in [-0.2, -0.15) is 0 Å². The number of aromatic nitrogens is 1. The van der Waals surface area contributed by atoms with E-state index in [0.717, 1.165) is 5.56 Å². The maximum Gasteiger partial charge on any atom is 0.0654 e. The average Bonchev–Trinajstić information content (AvgIpc) is 2.14. The Kier molecular flexibility index (Phi) is 4.19. The summed E-state index contributed by atoms with van der Waals surface area (Å²) in [4.78, 5) is 4.01. The van der Waals surface area contributed by atoms with Gasteiger partial charge in [0.25, 0.3) is 0 Å². The van der Waals surface area contributed by atoms with Crippen molar-refractivity contribution >= 4 is 6.08 Å². The van der Waals surface area contributed by atoms with Crippen LogP contribution in [0, 0.1) is 0 Å². The minimum atomic E-state index is 0.290. The van der Waals surface area contributed by atoms with Crippen molar-refractivity contribution in [3.05, 3.63) is 36.2 Å². The summed E-state index contributed by atoms with van der Waals surface area (Å²) in [6.07, 6.45) is 7.89. The standard InChI is InChI=1S/C11H15NO/c1-10(2)13-8-4-6-11-5-3-7-12-9-11/h3-7,9-10H,8H2,1-2H3. The van der Waals surface area contributed by atoms with Gasteiger partial charge in [-0.15, -0.1) is 0 Å². The van der Waals surface area contributed by atoms with E-state index in [-0.39, 0.29) is 0 Å². The maximum absolute atomic E-state index is 5.36. The van der Waals surface area contributed by atoms with Gasteiger partial charge in [0.05, 0.1) is 12.7 Å². The molecule has 0 radical (unpaired) electrons. The summed E-state index contributed by atoms with van der Waals surface area (Å²) in [5.41, 5.74) is 1.11. The van der Waals surface area contributed by atoms with Crippen molar-refractivity contribution in [2.45, 2.75) is 20.0 Å². The molecule has 2 heteroatoms. The number of pyridine rings is 1. The Morgan fingerprint density at radius 3 is 3.00 bits per heavy atom. The van der Waals surface area contributed by atoms with Crippen LogP contribution in [-0.4, -0.2) is 17.7 Å². The lowest BCUT2D eigenvalue weighted by atomic mass is 10.3. The fourth-order valence-corrected chi connectivity index (χ4v) is 0.907. The van der Waals surface area contributed by atoms with Gasteiger partial charge in [0, 0.05) is 12.4 Å². The van der Waals surface area contributed by atoms with Crippen molar-refractivity contribution in [2.75, 3.05) is 6.61 Å². The monoisotopic (exact) mass is 177 g/mol. The van der Waals surface area contributed by atoms with Crippen molar-refractivity contribution in [2.24, 2.45) is 0 Å². The quantitative estimate of drug-likeness (QED) is 0.705. The Balaban J connectivity index is 2.33. The molecule has 1 aromatic rings. The van der Waals surface area contributed by atoms with Gasteiger partial charge in [-0.1, -0.05) is 18.2 Å². The zero-order chi connectivity index (χ0) is 9.52. The zero-order valence-corrected chi connectivity index (χ0v) is 8.10. The third-order valence-electron chi connectivity index (χ3n) is 1.52. The molecule has 2 nitrogen and oxygen atoms in total. The molecule has 70 valence electrons. The van der Waals surface area contributed by atoms with Crippen molar-refractivity contribution in [1.82, 2.24) is 4.98 Å². The second-order valence-electron chi connectivity index (χ2n) is 3.07. The summed E-state index contributed by atoms with van der Waals surface area (Å²) in [6, 6.07) is 3.93. The van der Waals surface area contributed by atoms with Crippen LogP contribution < -0.4 is 0 Å². The van der Waals surface area contributed by atoms with Gasteiger partial charge >= 0.3 is 0 Å². The van der Waals surface area contributed by atoms with Crippen LogP contribution in [0.2, 0.25) is 0 Å². The molecular formula is C11H15NO. The SMILES string of the molecule is CC(C)OCC=Cc1cccnc1. The Labute approximate surface area is 79.3 Å². The van der Waals surface area contributed by atoms with E-state index in [1.54, 1.807) is 6.20 Å². The molecule has 0 aromatic carbocycles. The van der Waals surface area contributed by atoms with Gasteiger partial charge in [0.15, 0.2) is 0 Å². The van der Waals surface area contributed by atoms with Gasteiger partial charge in [-0.3, -0.25) is 4.98 Å². The van der Waals surface area contributed by atoms with E-state index < -0.39 is 0 Å². The van der Waals surface area contributed by atoms with Gasteiger partial charge in [-0.05, 0) is 25.5 Å². The van der Waals surface area contributed by atoms with Crippen LogP contribution in [0.4, 0.5) is 0 Å². The van der Waals surface area contributed by atoms with Crippen LogP contribution in [-0.2, 0) is 4.74 Å². The molecule has 0 N–H and O–H groups in total. The zero-order valence-electron chi connectivity index (χ0n) is 8.10. The molecule has 0 saturated carbocycles. The van der Waals surface area contributed by atoms with Gasteiger partial charge in [-0.25, -0.2) is 0 Å². The van der Waals surface area contributed by atoms with E-state index in [0.29, 0.717) is 12.7 Å². The Hall–Kier alpha value is -1.15. The second kappa shape index (κ2) is 5.49. The molecule has 1 rings (SSSR count).